The van der Waals surface area contributed by atoms with E-state index in [4.69, 9.17) is 4.74 Å². The molecule has 2 rings (SSSR count). The summed E-state index contributed by atoms with van der Waals surface area (Å²) in [6.45, 7) is -0.194. The van der Waals surface area contributed by atoms with Gasteiger partial charge < -0.3 is 14.7 Å². The van der Waals surface area contributed by atoms with Crippen LogP contribution in [-0.2, 0) is 4.79 Å². The molecule has 20 heavy (non-hydrogen) atoms. The van der Waals surface area contributed by atoms with E-state index < -0.39 is 12.1 Å². The molecule has 0 spiro atoms. The Hall–Kier alpha value is -2.15. The number of likely N-dealkylation sites (N-methyl/N-ethyl adjacent to an activating group) is 1. The van der Waals surface area contributed by atoms with Crippen molar-refractivity contribution in [3.05, 3.63) is 30.1 Å². The predicted octanol–water partition coefficient (Wildman–Crippen LogP) is 0.459. The number of urea groups is 1. The molecule has 1 atom stereocenters. The maximum Gasteiger partial charge on any atom is 0.327 e. The highest BCUT2D eigenvalue weighted by molar-refractivity contribution is 6.01. The van der Waals surface area contributed by atoms with Crippen molar-refractivity contribution >= 4 is 11.9 Å². The van der Waals surface area contributed by atoms with Gasteiger partial charge in [0.25, 0.3) is 0 Å². The molecular formula is C13H15FN2O4. The number of rotatable bonds is 5. The summed E-state index contributed by atoms with van der Waals surface area (Å²) >= 11 is 0. The number of halogens is 1. The largest absolute Gasteiger partial charge is 0.491 e. The summed E-state index contributed by atoms with van der Waals surface area (Å²) in [5.74, 6) is -0.325. The third kappa shape index (κ3) is 3.24. The molecular weight excluding hydrogens is 267 g/mol. The monoisotopic (exact) mass is 282 g/mol. The maximum atomic E-state index is 12.7. The number of aliphatic hydroxyl groups is 1. The molecule has 1 aliphatic heterocycles. The van der Waals surface area contributed by atoms with E-state index in [-0.39, 0.29) is 31.4 Å². The molecule has 0 saturated carbocycles. The summed E-state index contributed by atoms with van der Waals surface area (Å²) in [6, 6.07) is 4.91. The average molecular weight is 282 g/mol. The number of β-amino-alcohol motifs (C(OH)–C–C–N with tert-alkyl or cyclic N) is 1. The van der Waals surface area contributed by atoms with Crippen LogP contribution in [0.15, 0.2) is 24.3 Å². The number of hydrogen-bond donors (Lipinski definition) is 1. The number of imide groups is 1. The molecule has 0 bridgehead atoms. The highest BCUT2D eigenvalue weighted by Crippen LogP contribution is 2.12. The molecule has 1 aromatic carbocycles. The van der Waals surface area contributed by atoms with Crippen molar-refractivity contribution in [1.29, 1.82) is 0 Å². The molecule has 0 aromatic heterocycles. The number of carbonyl (C=O) groups excluding carboxylic acids is 2. The van der Waals surface area contributed by atoms with Crippen LogP contribution in [0.25, 0.3) is 0 Å². The first-order valence-corrected chi connectivity index (χ1v) is 6.09. The van der Waals surface area contributed by atoms with Crippen molar-refractivity contribution in [3.8, 4) is 5.75 Å². The van der Waals surface area contributed by atoms with Crippen LogP contribution >= 0.6 is 0 Å². The third-order valence-electron chi connectivity index (χ3n) is 2.88. The number of nitrogens with zero attached hydrogens (tertiary/aromatic N) is 2. The second kappa shape index (κ2) is 5.87. The number of benzene rings is 1. The number of aliphatic hydroxyl groups excluding tert-OH is 1. The fourth-order valence-electron chi connectivity index (χ4n) is 1.84. The Morgan fingerprint density at radius 3 is 2.55 bits per heavy atom. The first-order valence-electron chi connectivity index (χ1n) is 6.09. The number of ether oxygens (including phenoxy) is 1. The topological polar surface area (TPSA) is 70.1 Å². The minimum atomic E-state index is -1.00. The van der Waals surface area contributed by atoms with Gasteiger partial charge in [0.15, 0.2) is 0 Å². The summed E-state index contributed by atoms with van der Waals surface area (Å²) in [4.78, 5) is 25.4. The molecule has 3 amide bonds. The molecule has 1 N–H and O–H groups in total. The van der Waals surface area contributed by atoms with E-state index in [2.05, 4.69) is 0 Å². The van der Waals surface area contributed by atoms with E-state index in [0.717, 1.165) is 4.90 Å². The lowest BCUT2D eigenvalue weighted by Crippen LogP contribution is -2.40. The van der Waals surface area contributed by atoms with Crippen LogP contribution in [0.5, 0.6) is 5.75 Å². The Bertz CT molecular complexity index is 506. The zero-order valence-electron chi connectivity index (χ0n) is 11.0. The summed E-state index contributed by atoms with van der Waals surface area (Å²) in [5.41, 5.74) is 0. The van der Waals surface area contributed by atoms with Crippen LogP contribution in [0.4, 0.5) is 9.18 Å². The van der Waals surface area contributed by atoms with E-state index in [0.29, 0.717) is 5.75 Å². The second-order valence-electron chi connectivity index (χ2n) is 4.56. The molecule has 7 heteroatoms. The van der Waals surface area contributed by atoms with E-state index in [1.807, 2.05) is 0 Å². The quantitative estimate of drug-likeness (QED) is 0.797. The van der Waals surface area contributed by atoms with E-state index in [1.54, 1.807) is 0 Å². The van der Waals surface area contributed by atoms with E-state index >= 15 is 0 Å². The van der Waals surface area contributed by atoms with Gasteiger partial charge in [0, 0.05) is 7.05 Å². The van der Waals surface area contributed by atoms with Crippen LogP contribution in [-0.4, -0.2) is 59.7 Å². The Morgan fingerprint density at radius 2 is 2.00 bits per heavy atom. The number of hydrogen-bond acceptors (Lipinski definition) is 4. The minimum Gasteiger partial charge on any atom is -0.491 e. The third-order valence-corrected chi connectivity index (χ3v) is 2.88. The predicted molar refractivity (Wildman–Crippen MR) is 67.6 cm³/mol. The molecule has 1 aliphatic rings. The molecule has 0 aliphatic carbocycles. The van der Waals surface area contributed by atoms with Crippen molar-refractivity contribution in [2.24, 2.45) is 0 Å². The summed E-state index contributed by atoms with van der Waals surface area (Å²) < 4.78 is 17.9. The number of amides is 3. The zero-order chi connectivity index (χ0) is 14.7. The molecule has 1 unspecified atom stereocenters. The van der Waals surface area contributed by atoms with Crippen molar-refractivity contribution in [1.82, 2.24) is 9.80 Å². The molecule has 1 aromatic rings. The normalized spacial score (nSPS) is 16.8. The summed E-state index contributed by atoms with van der Waals surface area (Å²) in [6.07, 6.45) is -1.00. The van der Waals surface area contributed by atoms with Crippen LogP contribution in [0.2, 0.25) is 0 Å². The Morgan fingerprint density at radius 1 is 1.35 bits per heavy atom. The Balaban J connectivity index is 1.83. The van der Waals surface area contributed by atoms with Gasteiger partial charge in [-0.05, 0) is 24.3 Å². The standard InChI is InChI=1S/C13H15FN2O4/c1-15-7-12(18)16(13(15)19)6-10(17)8-20-11-4-2-9(14)3-5-11/h2-5,10,17H,6-8H2,1H3. The highest BCUT2D eigenvalue weighted by Gasteiger charge is 2.34. The lowest BCUT2D eigenvalue weighted by atomic mass is 10.3. The van der Waals surface area contributed by atoms with Crippen LogP contribution in [0.3, 0.4) is 0 Å². The second-order valence-corrected chi connectivity index (χ2v) is 4.56. The van der Waals surface area contributed by atoms with Gasteiger partial charge in [-0.3, -0.25) is 9.69 Å². The van der Waals surface area contributed by atoms with Crippen LogP contribution in [0.1, 0.15) is 0 Å². The van der Waals surface area contributed by atoms with Crippen LogP contribution < -0.4 is 4.74 Å². The summed E-state index contributed by atoms with van der Waals surface area (Å²) in [7, 11) is 1.52. The maximum absolute atomic E-state index is 12.7. The fraction of sp³-hybridized carbons (Fsp3) is 0.385. The smallest absolute Gasteiger partial charge is 0.327 e. The van der Waals surface area contributed by atoms with Crippen molar-refractivity contribution in [2.45, 2.75) is 6.10 Å². The first kappa shape index (κ1) is 14.3. The Kier molecular flexibility index (Phi) is 4.19. The first-order chi connectivity index (χ1) is 9.47. The van der Waals surface area contributed by atoms with E-state index in [1.165, 1.54) is 36.2 Å². The SMILES string of the molecule is CN1CC(=O)N(CC(O)COc2ccc(F)cc2)C1=O. The van der Waals surface area contributed by atoms with Crippen molar-refractivity contribution in [2.75, 3.05) is 26.7 Å². The van der Waals surface area contributed by atoms with Gasteiger partial charge in [0.2, 0.25) is 5.91 Å². The summed E-state index contributed by atoms with van der Waals surface area (Å²) in [5, 5.41) is 9.78. The molecule has 108 valence electrons. The fourth-order valence-corrected chi connectivity index (χ4v) is 1.84. The zero-order valence-corrected chi connectivity index (χ0v) is 11.0. The van der Waals surface area contributed by atoms with E-state index in [9.17, 15) is 19.1 Å². The average Bonchev–Trinajstić information content (AvgIpc) is 2.65. The highest BCUT2D eigenvalue weighted by atomic mass is 19.1. The van der Waals surface area contributed by atoms with Crippen molar-refractivity contribution < 1.29 is 23.8 Å². The lowest BCUT2D eigenvalue weighted by Gasteiger charge is -2.18. The van der Waals surface area contributed by atoms with Crippen molar-refractivity contribution in [3.63, 3.8) is 0 Å². The van der Waals surface area contributed by atoms with Gasteiger partial charge in [-0.15, -0.1) is 0 Å². The minimum absolute atomic E-state index is 0.0182. The molecule has 1 saturated heterocycles. The lowest BCUT2D eigenvalue weighted by molar-refractivity contribution is -0.126. The molecule has 1 fully saturated rings. The van der Waals surface area contributed by atoms with Gasteiger partial charge in [0.05, 0.1) is 6.54 Å². The molecule has 6 nitrogen and oxygen atoms in total. The Labute approximate surface area is 115 Å². The van der Waals surface area contributed by atoms with Gasteiger partial charge in [-0.2, -0.15) is 0 Å². The molecule has 1 heterocycles. The van der Waals surface area contributed by atoms with Gasteiger partial charge in [0.1, 0.15) is 30.8 Å². The van der Waals surface area contributed by atoms with Crippen LogP contribution in [0, 0.1) is 5.82 Å². The molecule has 0 radical (unpaired) electrons. The van der Waals surface area contributed by atoms with Gasteiger partial charge in [-0.25, -0.2) is 9.18 Å². The van der Waals surface area contributed by atoms with Gasteiger partial charge >= 0.3 is 6.03 Å². The van der Waals surface area contributed by atoms with Gasteiger partial charge in [-0.1, -0.05) is 0 Å². The number of carbonyl (C=O) groups is 2.